The molecule has 0 spiro atoms. The molecule has 0 heterocycles. The van der Waals surface area contributed by atoms with Crippen molar-refractivity contribution in [3.8, 4) is 0 Å². The molecule has 0 aliphatic rings. The molecular weight excluding hydrogens is 357 g/mol. The number of amides is 3. The van der Waals surface area contributed by atoms with Crippen LogP contribution in [-0.4, -0.2) is 53.6 Å². The van der Waals surface area contributed by atoms with Gasteiger partial charge in [-0.05, 0) is 26.0 Å². The average Bonchev–Trinajstić information content (AvgIpc) is 2.52. The number of carbonyl (C=O) groups excluding carboxylic acids is 2. The molecule has 1 atom stereocenters. The Hall–Kier alpha value is -1.99. The molecule has 0 bridgehead atoms. The number of halogens is 2. The lowest BCUT2D eigenvalue weighted by Crippen LogP contribution is -2.51. The van der Waals surface area contributed by atoms with Crippen molar-refractivity contribution >= 4 is 41.1 Å². The summed E-state index contributed by atoms with van der Waals surface area (Å²) in [4.78, 5) is 36.9. The smallest absolute Gasteiger partial charge is 0.328 e. The van der Waals surface area contributed by atoms with Gasteiger partial charge in [-0.1, -0.05) is 29.3 Å². The van der Waals surface area contributed by atoms with Crippen molar-refractivity contribution < 1.29 is 19.5 Å². The van der Waals surface area contributed by atoms with E-state index in [4.69, 9.17) is 23.2 Å². The van der Waals surface area contributed by atoms with E-state index in [0.29, 0.717) is 13.1 Å². The van der Waals surface area contributed by atoms with E-state index in [-0.39, 0.29) is 22.2 Å². The third-order valence-corrected chi connectivity index (χ3v) is 3.93. The highest BCUT2D eigenvalue weighted by Crippen LogP contribution is 2.24. The number of carboxylic acid groups (broad SMARTS) is 1. The maximum atomic E-state index is 12.2. The molecule has 0 radical (unpaired) electrons. The molecule has 0 aliphatic carbocycles. The van der Waals surface area contributed by atoms with Gasteiger partial charge in [0.15, 0.2) is 0 Å². The number of urea groups is 1. The Kier molecular flexibility index (Phi) is 7.81. The minimum absolute atomic E-state index is 0.0119. The Morgan fingerprint density at radius 2 is 1.71 bits per heavy atom. The molecule has 9 heteroatoms. The first-order valence-corrected chi connectivity index (χ1v) is 8.07. The number of carboxylic acids is 1. The van der Waals surface area contributed by atoms with Crippen molar-refractivity contribution in [3.05, 3.63) is 33.8 Å². The SMILES string of the molecule is CCN(CC)C(=O)NCC(NC(=O)c1c(Cl)cccc1Cl)C(=O)O. The van der Waals surface area contributed by atoms with Gasteiger partial charge in [0.2, 0.25) is 0 Å². The molecule has 1 unspecified atom stereocenters. The Morgan fingerprint density at radius 1 is 1.17 bits per heavy atom. The molecule has 0 fully saturated rings. The summed E-state index contributed by atoms with van der Waals surface area (Å²) in [6, 6.07) is 2.79. The normalized spacial score (nSPS) is 11.5. The van der Waals surface area contributed by atoms with Crippen LogP contribution in [0, 0.1) is 0 Å². The second-order valence-corrected chi connectivity index (χ2v) is 5.63. The van der Waals surface area contributed by atoms with Crippen LogP contribution in [0.1, 0.15) is 24.2 Å². The Morgan fingerprint density at radius 3 is 2.17 bits per heavy atom. The highest BCUT2D eigenvalue weighted by Gasteiger charge is 2.24. The maximum absolute atomic E-state index is 12.2. The molecule has 0 aromatic heterocycles. The van der Waals surface area contributed by atoms with Gasteiger partial charge < -0.3 is 20.6 Å². The second-order valence-electron chi connectivity index (χ2n) is 4.82. The zero-order valence-corrected chi connectivity index (χ0v) is 14.8. The summed E-state index contributed by atoms with van der Waals surface area (Å²) >= 11 is 11.8. The molecule has 1 aromatic rings. The maximum Gasteiger partial charge on any atom is 0.328 e. The number of nitrogens with zero attached hydrogens (tertiary/aromatic N) is 1. The second kappa shape index (κ2) is 9.34. The Labute approximate surface area is 149 Å². The molecule has 132 valence electrons. The number of benzene rings is 1. The first-order valence-electron chi connectivity index (χ1n) is 7.32. The van der Waals surface area contributed by atoms with Crippen molar-refractivity contribution in [2.45, 2.75) is 19.9 Å². The van der Waals surface area contributed by atoms with Crippen LogP contribution in [0.5, 0.6) is 0 Å². The number of hydrogen-bond acceptors (Lipinski definition) is 3. The highest BCUT2D eigenvalue weighted by molar-refractivity contribution is 6.39. The van der Waals surface area contributed by atoms with Crippen LogP contribution < -0.4 is 10.6 Å². The first kappa shape index (κ1) is 20.1. The largest absolute Gasteiger partial charge is 0.480 e. The molecule has 0 aliphatic heterocycles. The van der Waals surface area contributed by atoms with Crippen LogP contribution in [0.15, 0.2) is 18.2 Å². The number of carbonyl (C=O) groups is 3. The molecular formula is C15H19Cl2N3O4. The highest BCUT2D eigenvalue weighted by atomic mass is 35.5. The van der Waals surface area contributed by atoms with Crippen LogP contribution in [0.4, 0.5) is 4.79 Å². The molecule has 0 saturated carbocycles. The molecule has 1 aromatic carbocycles. The lowest BCUT2D eigenvalue weighted by atomic mass is 10.2. The van der Waals surface area contributed by atoms with E-state index < -0.39 is 23.9 Å². The Bertz CT molecular complexity index is 600. The first-order chi connectivity index (χ1) is 11.3. The molecule has 7 nitrogen and oxygen atoms in total. The summed E-state index contributed by atoms with van der Waals surface area (Å²) in [7, 11) is 0. The van der Waals surface area contributed by atoms with Gasteiger partial charge in [-0.2, -0.15) is 0 Å². The van der Waals surface area contributed by atoms with E-state index in [0.717, 1.165) is 0 Å². The Balaban J connectivity index is 2.78. The van der Waals surface area contributed by atoms with Crippen molar-refractivity contribution in [2.75, 3.05) is 19.6 Å². The predicted molar refractivity (Wildman–Crippen MR) is 91.7 cm³/mol. The standard InChI is InChI=1S/C15H19Cl2N3O4/c1-3-20(4-2)15(24)18-8-11(14(22)23)19-13(21)12-9(16)6-5-7-10(12)17/h5-7,11H,3-4,8H2,1-2H3,(H,18,24)(H,19,21)(H,22,23). The van der Waals surface area contributed by atoms with Crippen molar-refractivity contribution in [2.24, 2.45) is 0 Å². The third kappa shape index (κ3) is 5.28. The van der Waals surface area contributed by atoms with Gasteiger partial charge >= 0.3 is 12.0 Å². The number of aliphatic carboxylic acids is 1. The van der Waals surface area contributed by atoms with Crippen LogP contribution >= 0.6 is 23.2 Å². The van der Waals surface area contributed by atoms with Gasteiger partial charge in [-0.3, -0.25) is 4.79 Å². The number of hydrogen-bond donors (Lipinski definition) is 3. The fourth-order valence-corrected chi connectivity index (χ4v) is 2.53. The van der Waals surface area contributed by atoms with Crippen LogP contribution in [-0.2, 0) is 4.79 Å². The summed E-state index contributed by atoms with van der Waals surface area (Å²) in [5.74, 6) is -2.01. The van der Waals surface area contributed by atoms with E-state index in [1.54, 1.807) is 19.9 Å². The fourth-order valence-electron chi connectivity index (χ4n) is 1.96. The van der Waals surface area contributed by atoms with Gasteiger partial charge in [-0.25, -0.2) is 9.59 Å². The molecule has 1 rings (SSSR count). The van der Waals surface area contributed by atoms with Gasteiger partial charge in [-0.15, -0.1) is 0 Å². The molecule has 0 saturated heterocycles. The fraction of sp³-hybridized carbons (Fsp3) is 0.400. The predicted octanol–water partition coefficient (Wildman–Crippen LogP) is 2.23. The van der Waals surface area contributed by atoms with Crippen LogP contribution in [0.2, 0.25) is 10.0 Å². The lowest BCUT2D eigenvalue weighted by Gasteiger charge is -2.21. The van der Waals surface area contributed by atoms with Crippen molar-refractivity contribution in [1.82, 2.24) is 15.5 Å². The minimum Gasteiger partial charge on any atom is -0.480 e. The van der Waals surface area contributed by atoms with Crippen LogP contribution in [0.25, 0.3) is 0 Å². The monoisotopic (exact) mass is 375 g/mol. The van der Waals surface area contributed by atoms with Gasteiger partial charge in [0.1, 0.15) is 6.04 Å². The molecule has 24 heavy (non-hydrogen) atoms. The van der Waals surface area contributed by atoms with E-state index in [2.05, 4.69) is 10.6 Å². The number of nitrogens with one attached hydrogen (secondary N) is 2. The quantitative estimate of drug-likeness (QED) is 0.680. The lowest BCUT2D eigenvalue weighted by molar-refractivity contribution is -0.139. The van der Waals surface area contributed by atoms with Crippen molar-refractivity contribution in [1.29, 1.82) is 0 Å². The summed E-state index contributed by atoms with van der Waals surface area (Å²) in [5, 5.41) is 14.2. The number of rotatable bonds is 7. The van der Waals surface area contributed by atoms with Crippen LogP contribution in [0.3, 0.4) is 0 Å². The third-order valence-electron chi connectivity index (χ3n) is 3.30. The summed E-state index contributed by atoms with van der Waals surface area (Å²) in [6.07, 6.45) is 0. The zero-order chi connectivity index (χ0) is 18.3. The van der Waals surface area contributed by atoms with E-state index >= 15 is 0 Å². The summed E-state index contributed by atoms with van der Waals surface area (Å²) in [6.45, 7) is 4.32. The van der Waals surface area contributed by atoms with Gasteiger partial charge in [0.25, 0.3) is 5.91 Å². The summed E-state index contributed by atoms with van der Waals surface area (Å²) in [5.41, 5.74) is -0.0119. The van der Waals surface area contributed by atoms with E-state index in [1.807, 2.05) is 0 Å². The van der Waals surface area contributed by atoms with Crippen molar-refractivity contribution in [3.63, 3.8) is 0 Å². The van der Waals surface area contributed by atoms with Gasteiger partial charge in [0.05, 0.1) is 22.2 Å². The molecule has 3 amide bonds. The van der Waals surface area contributed by atoms with E-state index in [9.17, 15) is 19.5 Å². The average molecular weight is 376 g/mol. The zero-order valence-electron chi connectivity index (χ0n) is 13.3. The molecule has 3 N–H and O–H groups in total. The minimum atomic E-state index is -1.32. The van der Waals surface area contributed by atoms with Gasteiger partial charge in [0, 0.05) is 13.1 Å². The summed E-state index contributed by atoms with van der Waals surface area (Å²) < 4.78 is 0. The topological polar surface area (TPSA) is 98.7 Å². The van der Waals surface area contributed by atoms with E-state index in [1.165, 1.54) is 17.0 Å².